The molecule has 2 bridgehead atoms. The number of piperidine rings is 1. The predicted octanol–water partition coefficient (Wildman–Crippen LogP) is 0.851. The zero-order chi connectivity index (χ0) is 13.5. The molecule has 2 aliphatic rings. The second-order valence-corrected chi connectivity index (χ2v) is 7.74. The maximum Gasteiger partial charge on any atom is 0.265 e. The third kappa shape index (κ3) is 2.48. The van der Waals surface area contributed by atoms with Crippen LogP contribution in [0, 0.1) is 5.92 Å². The van der Waals surface area contributed by atoms with Crippen LogP contribution in [0.4, 0.5) is 0 Å². The van der Waals surface area contributed by atoms with Crippen molar-refractivity contribution in [2.24, 2.45) is 5.92 Å². The first kappa shape index (κ1) is 13.3. The van der Waals surface area contributed by atoms with E-state index in [1.807, 2.05) is 6.92 Å². The van der Waals surface area contributed by atoms with Gasteiger partial charge in [-0.1, -0.05) is 6.92 Å². The second-order valence-electron chi connectivity index (χ2n) is 5.19. The van der Waals surface area contributed by atoms with Crippen molar-refractivity contribution >= 4 is 21.6 Å². The van der Waals surface area contributed by atoms with Gasteiger partial charge in [0.1, 0.15) is 6.10 Å². The fraction of sp³-hybridized carbons (Fsp3) is 0.818. The monoisotopic (exact) mass is 303 g/mol. The van der Waals surface area contributed by atoms with Gasteiger partial charge in [-0.2, -0.15) is 4.37 Å². The van der Waals surface area contributed by atoms with Crippen molar-refractivity contribution < 1.29 is 13.2 Å². The van der Waals surface area contributed by atoms with Crippen molar-refractivity contribution in [3.8, 4) is 5.88 Å². The molecule has 19 heavy (non-hydrogen) atoms. The molecule has 1 aliphatic carbocycles. The lowest BCUT2D eigenvalue weighted by molar-refractivity contribution is 0.136. The fourth-order valence-corrected chi connectivity index (χ4v) is 4.97. The fourth-order valence-electron chi connectivity index (χ4n) is 2.87. The molecule has 2 heterocycles. The molecule has 106 valence electrons. The summed E-state index contributed by atoms with van der Waals surface area (Å²) in [5.41, 5.74) is 0. The minimum atomic E-state index is -3.36. The van der Waals surface area contributed by atoms with E-state index >= 15 is 0 Å². The smallest absolute Gasteiger partial charge is 0.265 e. The third-order valence-electron chi connectivity index (χ3n) is 3.76. The second kappa shape index (κ2) is 4.99. The number of sulfone groups is 1. The molecule has 3 rings (SSSR count). The van der Waals surface area contributed by atoms with Crippen LogP contribution in [-0.2, 0) is 9.84 Å². The van der Waals surface area contributed by atoms with Crippen LogP contribution >= 0.6 is 11.7 Å². The summed E-state index contributed by atoms with van der Waals surface area (Å²) in [6.07, 6.45) is 2.68. The molecule has 3 atom stereocenters. The molecule has 0 radical (unpaired) electrons. The Bertz CT molecular complexity index is 557. The molecule has 0 aromatic carbocycles. The van der Waals surface area contributed by atoms with E-state index < -0.39 is 9.84 Å². The number of aromatic nitrogens is 2. The Morgan fingerprint density at radius 1 is 1.42 bits per heavy atom. The minimum Gasteiger partial charge on any atom is -0.471 e. The summed E-state index contributed by atoms with van der Waals surface area (Å²) in [6, 6.07) is 0.511. The van der Waals surface area contributed by atoms with Gasteiger partial charge < -0.3 is 10.1 Å². The van der Waals surface area contributed by atoms with Gasteiger partial charge in [-0.15, -0.1) is 4.37 Å². The van der Waals surface area contributed by atoms with Crippen LogP contribution < -0.4 is 10.1 Å². The molecule has 6 nitrogen and oxygen atoms in total. The lowest BCUT2D eigenvalue weighted by atomic mass is 10.1. The lowest BCUT2D eigenvalue weighted by Gasteiger charge is -2.22. The van der Waals surface area contributed by atoms with E-state index in [-0.39, 0.29) is 22.8 Å². The van der Waals surface area contributed by atoms with Crippen molar-refractivity contribution in [1.82, 2.24) is 14.1 Å². The maximum atomic E-state index is 12.1. The molecule has 0 amide bonds. The van der Waals surface area contributed by atoms with Crippen LogP contribution in [0.25, 0.3) is 0 Å². The molecule has 1 aromatic rings. The summed E-state index contributed by atoms with van der Waals surface area (Å²) in [5.74, 6) is 0.761. The lowest BCUT2D eigenvalue weighted by Crippen LogP contribution is -2.36. The molecule has 1 saturated heterocycles. The van der Waals surface area contributed by atoms with Crippen molar-refractivity contribution in [2.75, 3.05) is 12.3 Å². The summed E-state index contributed by atoms with van der Waals surface area (Å²) < 4.78 is 37.9. The minimum absolute atomic E-state index is 0.0232. The Hall–Kier alpha value is -0.730. The first-order valence-corrected chi connectivity index (χ1v) is 8.93. The van der Waals surface area contributed by atoms with Gasteiger partial charge in [0.25, 0.3) is 5.88 Å². The molecular formula is C11H17N3O3S2. The van der Waals surface area contributed by atoms with Crippen LogP contribution in [0.1, 0.15) is 26.2 Å². The summed E-state index contributed by atoms with van der Waals surface area (Å²) in [7, 11) is -3.36. The topological polar surface area (TPSA) is 81.2 Å². The summed E-state index contributed by atoms with van der Waals surface area (Å²) >= 11 is 0.903. The molecule has 2 fully saturated rings. The zero-order valence-electron chi connectivity index (χ0n) is 10.7. The quantitative estimate of drug-likeness (QED) is 0.868. The largest absolute Gasteiger partial charge is 0.471 e. The molecule has 1 N–H and O–H groups in total. The van der Waals surface area contributed by atoms with Crippen LogP contribution in [0.2, 0.25) is 0 Å². The van der Waals surface area contributed by atoms with E-state index in [0.717, 1.165) is 31.1 Å². The molecule has 1 saturated carbocycles. The highest BCUT2D eigenvalue weighted by molar-refractivity contribution is 7.91. The Morgan fingerprint density at radius 2 is 2.26 bits per heavy atom. The van der Waals surface area contributed by atoms with Gasteiger partial charge in [-0.3, -0.25) is 0 Å². The van der Waals surface area contributed by atoms with E-state index in [9.17, 15) is 8.42 Å². The van der Waals surface area contributed by atoms with Crippen LogP contribution in [0.15, 0.2) is 5.03 Å². The Morgan fingerprint density at radius 3 is 2.89 bits per heavy atom. The highest BCUT2D eigenvalue weighted by Gasteiger charge is 2.42. The van der Waals surface area contributed by atoms with E-state index in [4.69, 9.17) is 4.74 Å². The molecule has 1 aromatic heterocycles. The van der Waals surface area contributed by atoms with Crippen molar-refractivity contribution in [2.45, 2.75) is 43.4 Å². The Labute approximate surface area is 116 Å². The maximum absolute atomic E-state index is 12.1. The SMILES string of the molecule is CCCS(=O)(=O)c1nsnc1OC1CC2CC1CN2. The number of nitrogens with zero attached hydrogens (tertiary/aromatic N) is 2. The standard InChI is InChI=1S/C11H17N3O3S2/c1-2-3-19(15,16)11-10(13-18-14-11)17-9-5-8-4-7(9)6-12-8/h7-9,12H,2-6H2,1H3. The molecular weight excluding hydrogens is 286 g/mol. The molecule has 1 aliphatic heterocycles. The van der Waals surface area contributed by atoms with Gasteiger partial charge in [0, 0.05) is 24.9 Å². The first-order valence-electron chi connectivity index (χ1n) is 6.55. The third-order valence-corrected chi connectivity index (χ3v) is 6.19. The molecule has 3 unspecified atom stereocenters. The highest BCUT2D eigenvalue weighted by atomic mass is 32.2. The predicted molar refractivity (Wildman–Crippen MR) is 71.2 cm³/mol. The first-order chi connectivity index (χ1) is 9.10. The van der Waals surface area contributed by atoms with Gasteiger partial charge in [-0.05, 0) is 12.8 Å². The zero-order valence-corrected chi connectivity index (χ0v) is 12.3. The van der Waals surface area contributed by atoms with Crippen LogP contribution in [-0.4, -0.2) is 41.6 Å². The van der Waals surface area contributed by atoms with E-state index in [1.54, 1.807) is 0 Å². The number of hydrogen-bond acceptors (Lipinski definition) is 7. The van der Waals surface area contributed by atoms with Crippen LogP contribution in [0.3, 0.4) is 0 Å². The van der Waals surface area contributed by atoms with Crippen molar-refractivity contribution in [3.05, 3.63) is 0 Å². The number of ether oxygens (including phenoxy) is 1. The molecule has 8 heteroatoms. The number of nitrogens with one attached hydrogen (secondary N) is 1. The number of rotatable bonds is 5. The normalized spacial score (nSPS) is 29.8. The number of hydrogen-bond donors (Lipinski definition) is 1. The van der Waals surface area contributed by atoms with Crippen molar-refractivity contribution in [3.63, 3.8) is 0 Å². The van der Waals surface area contributed by atoms with Gasteiger partial charge in [0.2, 0.25) is 14.9 Å². The van der Waals surface area contributed by atoms with Crippen LogP contribution in [0.5, 0.6) is 5.88 Å². The summed E-state index contributed by atoms with van der Waals surface area (Å²) in [6.45, 7) is 2.78. The van der Waals surface area contributed by atoms with Gasteiger partial charge in [-0.25, -0.2) is 8.42 Å². The Balaban J connectivity index is 1.77. The summed E-state index contributed by atoms with van der Waals surface area (Å²) in [4.78, 5) is 0. The highest BCUT2D eigenvalue weighted by Crippen LogP contribution is 2.35. The van der Waals surface area contributed by atoms with Crippen molar-refractivity contribution in [1.29, 1.82) is 0 Å². The average molecular weight is 303 g/mol. The average Bonchev–Trinajstić information content (AvgIpc) is 3.03. The van der Waals surface area contributed by atoms with Gasteiger partial charge in [0.05, 0.1) is 17.5 Å². The van der Waals surface area contributed by atoms with E-state index in [0.29, 0.717) is 18.4 Å². The summed E-state index contributed by atoms with van der Waals surface area (Å²) in [5, 5.41) is 3.42. The van der Waals surface area contributed by atoms with Gasteiger partial charge in [0.15, 0.2) is 0 Å². The Kier molecular flexibility index (Phi) is 3.48. The van der Waals surface area contributed by atoms with E-state index in [2.05, 4.69) is 14.1 Å². The van der Waals surface area contributed by atoms with E-state index in [1.165, 1.54) is 0 Å². The number of fused-ring (bicyclic) bond motifs is 2. The molecule has 0 spiro atoms. The van der Waals surface area contributed by atoms with Gasteiger partial charge >= 0.3 is 0 Å².